The number of hydrogen-bond acceptors (Lipinski definition) is 4. The third-order valence-electron chi connectivity index (χ3n) is 2.69. The zero-order valence-corrected chi connectivity index (χ0v) is 10.7. The minimum absolute atomic E-state index is 0.272. The van der Waals surface area contributed by atoms with Gasteiger partial charge in [0.1, 0.15) is 12.4 Å². The Hall–Kier alpha value is -2.27. The molecule has 0 saturated carbocycles. The molecule has 0 amide bonds. The molecule has 3 aromatic rings. The fraction of sp³-hybridized carbons (Fsp3) is 0.0769. The van der Waals surface area contributed by atoms with Gasteiger partial charge in [-0.2, -0.15) is 0 Å². The molecule has 0 atom stereocenters. The zero-order valence-electron chi connectivity index (χ0n) is 9.95. The summed E-state index contributed by atoms with van der Waals surface area (Å²) in [7, 11) is 0. The van der Waals surface area contributed by atoms with Gasteiger partial charge in [0.2, 0.25) is 0 Å². The second kappa shape index (κ2) is 4.78. The van der Waals surface area contributed by atoms with Crippen LogP contribution in [0.1, 0.15) is 5.82 Å². The Morgan fingerprint density at radius 1 is 1.16 bits per heavy atom. The van der Waals surface area contributed by atoms with Crippen LogP contribution in [0.2, 0.25) is 5.02 Å². The second-order valence-electron chi connectivity index (χ2n) is 4.03. The molecule has 0 unspecified atom stereocenters. The molecular weight excluding hydrogens is 264 g/mol. The van der Waals surface area contributed by atoms with Crippen LogP contribution < -0.4 is 10.5 Å². The minimum atomic E-state index is 0.272. The van der Waals surface area contributed by atoms with Crippen molar-refractivity contribution in [2.45, 2.75) is 6.61 Å². The van der Waals surface area contributed by atoms with Gasteiger partial charge in [0.05, 0.1) is 5.02 Å². The molecule has 19 heavy (non-hydrogen) atoms. The Kier molecular flexibility index (Phi) is 2.97. The summed E-state index contributed by atoms with van der Waals surface area (Å²) in [6.45, 7) is 0.272. The minimum Gasteiger partial charge on any atom is -0.484 e. The highest BCUT2D eigenvalue weighted by Crippen LogP contribution is 2.24. The van der Waals surface area contributed by atoms with E-state index >= 15 is 0 Å². The van der Waals surface area contributed by atoms with Gasteiger partial charge in [0, 0.05) is 11.9 Å². The fourth-order valence-electron chi connectivity index (χ4n) is 1.76. The van der Waals surface area contributed by atoms with Crippen LogP contribution in [0.25, 0.3) is 5.65 Å². The molecule has 0 radical (unpaired) electrons. The Morgan fingerprint density at radius 2 is 2.00 bits per heavy atom. The number of nitrogens with zero attached hydrogens (tertiary/aromatic N) is 3. The number of rotatable bonds is 3. The Morgan fingerprint density at radius 3 is 2.84 bits per heavy atom. The average molecular weight is 275 g/mol. The molecule has 0 aliphatic carbocycles. The molecule has 0 saturated heterocycles. The first kappa shape index (κ1) is 11.8. The number of ether oxygens (including phenoxy) is 1. The Bertz CT molecular complexity index is 725. The van der Waals surface area contributed by atoms with Gasteiger partial charge in [0.15, 0.2) is 11.5 Å². The molecule has 0 bridgehead atoms. The zero-order chi connectivity index (χ0) is 13.2. The quantitative estimate of drug-likeness (QED) is 0.797. The molecule has 0 fully saturated rings. The number of aromatic nitrogens is 3. The van der Waals surface area contributed by atoms with Crippen LogP contribution in [-0.2, 0) is 6.61 Å². The van der Waals surface area contributed by atoms with Crippen molar-refractivity contribution in [3.8, 4) is 5.75 Å². The van der Waals surface area contributed by atoms with Crippen LogP contribution in [-0.4, -0.2) is 14.6 Å². The number of anilines is 1. The number of benzene rings is 1. The number of fused-ring (bicyclic) bond motifs is 1. The van der Waals surface area contributed by atoms with Crippen molar-refractivity contribution < 1.29 is 4.74 Å². The van der Waals surface area contributed by atoms with E-state index in [1.807, 2.05) is 12.1 Å². The molecule has 2 N–H and O–H groups in total. The smallest absolute Gasteiger partial charge is 0.175 e. The van der Waals surface area contributed by atoms with Gasteiger partial charge in [-0.05, 0) is 24.3 Å². The first-order valence-electron chi connectivity index (χ1n) is 5.70. The van der Waals surface area contributed by atoms with Gasteiger partial charge in [-0.3, -0.25) is 4.40 Å². The van der Waals surface area contributed by atoms with Crippen molar-refractivity contribution >= 4 is 22.9 Å². The molecule has 1 aromatic carbocycles. The predicted octanol–water partition coefficient (Wildman–Crippen LogP) is 2.54. The monoisotopic (exact) mass is 274 g/mol. The van der Waals surface area contributed by atoms with Gasteiger partial charge >= 0.3 is 0 Å². The summed E-state index contributed by atoms with van der Waals surface area (Å²) < 4.78 is 7.43. The third-order valence-corrected chi connectivity index (χ3v) is 3.00. The van der Waals surface area contributed by atoms with Crippen LogP contribution >= 0.6 is 11.6 Å². The molecule has 5 nitrogen and oxygen atoms in total. The summed E-state index contributed by atoms with van der Waals surface area (Å²) in [6, 6.07) is 10.9. The summed E-state index contributed by atoms with van der Waals surface area (Å²) in [4.78, 5) is 0. The highest BCUT2D eigenvalue weighted by Gasteiger charge is 2.07. The van der Waals surface area contributed by atoms with E-state index in [-0.39, 0.29) is 6.61 Å². The Labute approximate surface area is 114 Å². The van der Waals surface area contributed by atoms with E-state index < -0.39 is 0 Å². The van der Waals surface area contributed by atoms with E-state index in [0.717, 1.165) is 5.65 Å². The molecule has 0 spiro atoms. The molecule has 6 heteroatoms. The van der Waals surface area contributed by atoms with Crippen molar-refractivity contribution in [3.05, 3.63) is 53.4 Å². The number of nitrogen functional groups attached to an aromatic ring is 1. The van der Waals surface area contributed by atoms with E-state index in [0.29, 0.717) is 22.3 Å². The van der Waals surface area contributed by atoms with Crippen molar-refractivity contribution in [3.63, 3.8) is 0 Å². The SMILES string of the molecule is Nc1ccc2nnc(COc3ccccc3Cl)n2c1. The van der Waals surface area contributed by atoms with Gasteiger partial charge in [0.25, 0.3) is 0 Å². The summed E-state index contributed by atoms with van der Waals surface area (Å²) in [5, 5.41) is 8.67. The maximum absolute atomic E-state index is 6.02. The first-order valence-corrected chi connectivity index (χ1v) is 6.08. The molecule has 0 aliphatic rings. The predicted molar refractivity (Wildman–Crippen MR) is 73.2 cm³/mol. The molecule has 3 rings (SSSR count). The van der Waals surface area contributed by atoms with Crippen LogP contribution in [0.5, 0.6) is 5.75 Å². The summed E-state index contributed by atoms with van der Waals surface area (Å²) >= 11 is 6.02. The van der Waals surface area contributed by atoms with E-state index in [1.54, 1.807) is 34.9 Å². The number of hydrogen-bond donors (Lipinski definition) is 1. The highest BCUT2D eigenvalue weighted by atomic mass is 35.5. The van der Waals surface area contributed by atoms with Crippen molar-refractivity contribution in [2.24, 2.45) is 0 Å². The van der Waals surface area contributed by atoms with E-state index in [4.69, 9.17) is 22.1 Å². The lowest BCUT2D eigenvalue weighted by Gasteiger charge is -2.06. The third kappa shape index (κ3) is 2.32. The van der Waals surface area contributed by atoms with E-state index in [9.17, 15) is 0 Å². The lowest BCUT2D eigenvalue weighted by atomic mass is 10.3. The lowest BCUT2D eigenvalue weighted by Crippen LogP contribution is -2.02. The van der Waals surface area contributed by atoms with Crippen molar-refractivity contribution in [1.29, 1.82) is 0 Å². The maximum Gasteiger partial charge on any atom is 0.175 e. The largest absolute Gasteiger partial charge is 0.484 e. The number of para-hydroxylation sites is 1. The highest BCUT2D eigenvalue weighted by molar-refractivity contribution is 6.32. The summed E-state index contributed by atoms with van der Waals surface area (Å²) in [5.41, 5.74) is 7.12. The average Bonchev–Trinajstić information content (AvgIpc) is 2.80. The summed E-state index contributed by atoms with van der Waals surface area (Å²) in [6.07, 6.45) is 1.76. The first-order chi connectivity index (χ1) is 9.24. The van der Waals surface area contributed by atoms with Crippen LogP contribution in [0.15, 0.2) is 42.6 Å². The van der Waals surface area contributed by atoms with Crippen molar-refractivity contribution in [2.75, 3.05) is 5.73 Å². The van der Waals surface area contributed by atoms with Crippen LogP contribution in [0.4, 0.5) is 5.69 Å². The van der Waals surface area contributed by atoms with Crippen molar-refractivity contribution in [1.82, 2.24) is 14.6 Å². The molecule has 96 valence electrons. The molecular formula is C13H11ClN4O. The standard InChI is InChI=1S/C13H11ClN4O/c14-10-3-1-2-4-11(10)19-8-13-17-16-12-6-5-9(15)7-18(12)13/h1-7H,8,15H2. The molecule has 0 aliphatic heterocycles. The van der Waals surface area contributed by atoms with Gasteiger partial charge in [-0.1, -0.05) is 23.7 Å². The van der Waals surface area contributed by atoms with Gasteiger partial charge in [-0.15, -0.1) is 10.2 Å². The number of nitrogens with two attached hydrogens (primary N) is 1. The van der Waals surface area contributed by atoms with E-state index in [1.165, 1.54) is 0 Å². The Balaban J connectivity index is 1.86. The van der Waals surface area contributed by atoms with E-state index in [2.05, 4.69) is 10.2 Å². The summed E-state index contributed by atoms with van der Waals surface area (Å²) in [5.74, 6) is 1.28. The van der Waals surface area contributed by atoms with Gasteiger partial charge < -0.3 is 10.5 Å². The van der Waals surface area contributed by atoms with Crippen LogP contribution in [0.3, 0.4) is 0 Å². The van der Waals surface area contributed by atoms with Gasteiger partial charge in [-0.25, -0.2) is 0 Å². The fourth-order valence-corrected chi connectivity index (χ4v) is 1.95. The number of pyridine rings is 1. The van der Waals surface area contributed by atoms with Crippen LogP contribution in [0, 0.1) is 0 Å². The number of halogens is 1. The topological polar surface area (TPSA) is 65.4 Å². The normalized spacial score (nSPS) is 10.8. The molecule has 2 aromatic heterocycles. The molecule has 2 heterocycles. The second-order valence-corrected chi connectivity index (χ2v) is 4.43. The lowest BCUT2D eigenvalue weighted by molar-refractivity contribution is 0.294. The maximum atomic E-state index is 6.02.